The van der Waals surface area contributed by atoms with Crippen molar-refractivity contribution in [2.24, 2.45) is 0 Å². The predicted molar refractivity (Wildman–Crippen MR) is 193 cm³/mol. The van der Waals surface area contributed by atoms with Crippen LogP contribution >= 0.6 is 7.14 Å². The number of benzene rings is 1. The average Bonchev–Trinajstić information content (AvgIpc) is 3.50. The van der Waals surface area contributed by atoms with Crippen LogP contribution in [-0.2, 0) is 26.7 Å². The first-order valence-corrected chi connectivity index (χ1v) is 20.1. The smallest absolute Gasteiger partial charge is 0.280 e. The Morgan fingerprint density at radius 1 is 0.917 bits per heavy atom. The number of nitrogens with one attached hydrogen (secondary N) is 1. The Balaban J connectivity index is 1.36. The third-order valence-corrected chi connectivity index (χ3v) is 10.9. The molecule has 12 heteroatoms. The van der Waals surface area contributed by atoms with Gasteiger partial charge in [-0.3, -0.25) is 9.78 Å². The molecule has 0 bridgehead atoms. The van der Waals surface area contributed by atoms with E-state index in [9.17, 15) is 13.8 Å². The number of unbranched alkanes of at least 4 members (excludes halogenated alkanes) is 15. The van der Waals surface area contributed by atoms with Crippen LogP contribution in [0.5, 0.6) is 5.75 Å². The number of rotatable bonds is 28. The predicted octanol–water partition coefficient (Wildman–Crippen LogP) is 8.67. The summed E-state index contributed by atoms with van der Waals surface area (Å²) >= 11 is 0. The van der Waals surface area contributed by atoms with Crippen molar-refractivity contribution in [1.29, 1.82) is 0 Å². The molecule has 3 rings (SSSR count). The Labute approximate surface area is 287 Å². The van der Waals surface area contributed by atoms with E-state index in [1.54, 1.807) is 10.6 Å². The topological polar surface area (TPSA) is 134 Å². The van der Waals surface area contributed by atoms with Crippen LogP contribution in [0.1, 0.15) is 117 Å². The lowest BCUT2D eigenvalue weighted by atomic mass is 10.0. The summed E-state index contributed by atoms with van der Waals surface area (Å²) in [4.78, 5) is 22.7. The Kier molecular flexibility index (Phi) is 18.1. The molecule has 0 saturated heterocycles. The van der Waals surface area contributed by atoms with Crippen molar-refractivity contribution in [2.75, 3.05) is 45.2 Å². The Morgan fingerprint density at radius 2 is 1.54 bits per heavy atom. The molecule has 2 unspecified atom stereocenters. The Morgan fingerprint density at radius 3 is 2.15 bits per heavy atom. The Hall–Kier alpha value is -2.75. The van der Waals surface area contributed by atoms with Crippen LogP contribution < -0.4 is 16.0 Å². The molecule has 0 aliphatic heterocycles. The molecule has 0 spiro atoms. The zero-order valence-electron chi connectivity index (χ0n) is 30.2. The van der Waals surface area contributed by atoms with Gasteiger partial charge in [-0.15, -0.1) is 0 Å². The van der Waals surface area contributed by atoms with E-state index in [1.165, 1.54) is 115 Å². The van der Waals surface area contributed by atoms with Gasteiger partial charge in [0.25, 0.3) is 5.56 Å². The van der Waals surface area contributed by atoms with Gasteiger partial charge in [-0.25, -0.2) is 9.37 Å². The van der Waals surface area contributed by atoms with Crippen LogP contribution in [0.15, 0.2) is 29.3 Å². The van der Waals surface area contributed by atoms with Crippen LogP contribution in [0.2, 0.25) is 0 Å². The molecule has 2 aromatic heterocycles. The van der Waals surface area contributed by atoms with Crippen molar-refractivity contribution < 1.29 is 24.5 Å². The molecule has 48 heavy (non-hydrogen) atoms. The minimum Gasteiger partial charge on any atom is -0.494 e. The molecule has 3 N–H and O–H groups in total. The monoisotopic (exact) mass is 692 g/mol. The minimum atomic E-state index is -3.34. The highest BCUT2D eigenvalue weighted by atomic mass is 31.2. The number of anilines is 1. The third-order valence-electron chi connectivity index (χ3n) is 8.60. The van der Waals surface area contributed by atoms with Crippen LogP contribution in [0.3, 0.4) is 0 Å². The SMILES string of the molecule is [2H]C(c1ccc(OC)c(F)c1)P(=O)(CCOCCCCCCCCCCCCCCCCCC)COCCn1cnc2c(=O)[nH]c(N)nc21. The maximum absolute atomic E-state index is 14.5. The van der Waals surface area contributed by atoms with Gasteiger partial charge in [0.1, 0.15) is 13.5 Å². The van der Waals surface area contributed by atoms with E-state index < -0.39 is 24.7 Å². The van der Waals surface area contributed by atoms with Gasteiger partial charge >= 0.3 is 0 Å². The number of nitrogens with zero attached hydrogens (tertiary/aromatic N) is 3. The van der Waals surface area contributed by atoms with Gasteiger partial charge in [0.05, 0.1) is 26.7 Å². The number of fused-ring (bicyclic) bond motifs is 1. The van der Waals surface area contributed by atoms with Crippen LogP contribution in [0.4, 0.5) is 10.3 Å². The number of imidazole rings is 1. The molecule has 0 aliphatic rings. The van der Waals surface area contributed by atoms with E-state index in [0.29, 0.717) is 17.8 Å². The summed E-state index contributed by atoms with van der Waals surface area (Å²) < 4.78 is 55.9. The molecule has 2 heterocycles. The summed E-state index contributed by atoms with van der Waals surface area (Å²) in [6.45, 7) is 3.48. The second-order valence-corrected chi connectivity index (χ2v) is 15.6. The van der Waals surface area contributed by atoms with Crippen LogP contribution in [-0.4, -0.2) is 59.0 Å². The first kappa shape index (κ1) is 38.1. The Bertz CT molecular complexity index is 1470. The van der Waals surface area contributed by atoms with Crippen molar-refractivity contribution in [2.45, 2.75) is 122 Å². The highest BCUT2D eigenvalue weighted by Crippen LogP contribution is 2.49. The number of hydrogen-bond donors (Lipinski definition) is 2. The third kappa shape index (κ3) is 14.8. The van der Waals surface area contributed by atoms with E-state index >= 15 is 0 Å². The fraction of sp³-hybridized carbons (Fsp3) is 0.694. The van der Waals surface area contributed by atoms with Gasteiger partial charge in [-0.1, -0.05) is 109 Å². The molecule has 0 radical (unpaired) electrons. The molecule has 10 nitrogen and oxygen atoms in total. The van der Waals surface area contributed by atoms with E-state index in [4.69, 9.17) is 21.3 Å². The fourth-order valence-electron chi connectivity index (χ4n) is 5.79. The molecule has 0 saturated carbocycles. The van der Waals surface area contributed by atoms with Gasteiger partial charge in [0, 0.05) is 26.8 Å². The lowest BCUT2D eigenvalue weighted by Gasteiger charge is -2.19. The lowest BCUT2D eigenvalue weighted by Crippen LogP contribution is -2.14. The van der Waals surface area contributed by atoms with Gasteiger partial charge in [-0.2, -0.15) is 4.98 Å². The van der Waals surface area contributed by atoms with Crippen molar-refractivity contribution in [3.8, 4) is 5.75 Å². The summed E-state index contributed by atoms with van der Waals surface area (Å²) in [6, 6.07) is 4.20. The highest BCUT2D eigenvalue weighted by molar-refractivity contribution is 7.63. The lowest BCUT2D eigenvalue weighted by molar-refractivity contribution is 0.140. The van der Waals surface area contributed by atoms with Gasteiger partial charge < -0.3 is 29.1 Å². The first-order valence-electron chi connectivity index (χ1n) is 18.6. The summed E-state index contributed by atoms with van der Waals surface area (Å²) in [5.41, 5.74) is 6.02. The van der Waals surface area contributed by atoms with Gasteiger partial charge in [0.15, 0.2) is 22.7 Å². The number of methoxy groups -OCH3 is 1. The fourth-order valence-corrected chi connectivity index (χ4v) is 7.70. The van der Waals surface area contributed by atoms with Crippen molar-refractivity contribution in [1.82, 2.24) is 19.5 Å². The molecule has 270 valence electrons. The highest BCUT2D eigenvalue weighted by Gasteiger charge is 2.24. The minimum absolute atomic E-state index is 0.0203. The molecular weight excluding hydrogens is 632 g/mol. The molecule has 0 fully saturated rings. The van der Waals surface area contributed by atoms with Crippen LogP contribution in [0, 0.1) is 5.82 Å². The van der Waals surface area contributed by atoms with E-state index in [-0.39, 0.29) is 49.5 Å². The quantitative estimate of drug-likeness (QED) is 0.0570. The van der Waals surface area contributed by atoms with Gasteiger partial charge in [-0.05, 0) is 24.1 Å². The number of ether oxygens (including phenoxy) is 3. The second kappa shape index (κ2) is 22.8. The summed E-state index contributed by atoms with van der Waals surface area (Å²) in [6.07, 6.45) is 21.1. The molecule has 3 aromatic rings. The second-order valence-electron chi connectivity index (χ2n) is 12.7. The summed E-state index contributed by atoms with van der Waals surface area (Å²) in [7, 11) is -1.97. The zero-order valence-corrected chi connectivity index (χ0v) is 30.1. The van der Waals surface area contributed by atoms with Crippen LogP contribution in [0.25, 0.3) is 11.2 Å². The first-order chi connectivity index (χ1) is 23.8. The molecular formula is C36H59FN5O5P. The maximum atomic E-state index is 14.5. The number of aromatic nitrogens is 4. The molecule has 1 aromatic carbocycles. The zero-order chi connectivity index (χ0) is 35.3. The number of H-pyrrole nitrogens is 1. The number of halogens is 1. The van der Waals surface area contributed by atoms with Crippen molar-refractivity contribution in [3.63, 3.8) is 0 Å². The van der Waals surface area contributed by atoms with Crippen molar-refractivity contribution in [3.05, 3.63) is 46.3 Å². The average molecular weight is 693 g/mol. The summed E-state index contributed by atoms with van der Waals surface area (Å²) in [5.74, 6) is -0.573. The summed E-state index contributed by atoms with van der Waals surface area (Å²) in [5, 5.41) is 0. The standard InChI is InChI=1S/C36H59FN5O5P/c1-3-4-5-6-7-8-9-10-11-12-13-14-15-16-17-18-22-46-24-25-48(44,27-30-19-20-32(45-2)31(37)26-30)29-47-23-21-42-28-39-33-34(42)40-36(38)41-35(33)43/h19-20,26,28H,3-18,21-25,27,29H2,1-2H3,(H3,38,40,41,43)/i27D. The largest absolute Gasteiger partial charge is 0.494 e. The molecule has 0 amide bonds. The van der Waals surface area contributed by atoms with E-state index in [1.807, 2.05) is 0 Å². The van der Waals surface area contributed by atoms with Crippen molar-refractivity contribution >= 4 is 24.3 Å². The van der Waals surface area contributed by atoms with E-state index in [0.717, 1.165) is 12.8 Å². The number of hydrogen-bond acceptors (Lipinski definition) is 8. The number of aromatic amines is 1. The van der Waals surface area contributed by atoms with E-state index in [2.05, 4.69) is 21.9 Å². The molecule has 0 aliphatic carbocycles. The number of nitrogens with two attached hydrogens (primary N) is 1. The number of nitrogen functional groups attached to an aromatic ring is 1. The normalized spacial score (nSPS) is 13.9. The maximum Gasteiger partial charge on any atom is 0.280 e. The van der Waals surface area contributed by atoms with Gasteiger partial charge in [0.2, 0.25) is 5.95 Å². The molecule has 2 atom stereocenters.